The standard InChI is InChI=1S/C7H13NO2/c1-5(9)6(10)8-7(2)3-4-7/h5,9H,3-4H2,1-2H3,(H,8,10)/t5-/m0/s1. The number of carbonyl (C=O) groups excluding carboxylic acids is 1. The molecule has 1 amide bonds. The number of hydrogen-bond acceptors (Lipinski definition) is 2. The molecule has 0 radical (unpaired) electrons. The van der Waals surface area contributed by atoms with Gasteiger partial charge in [-0.15, -0.1) is 0 Å². The van der Waals surface area contributed by atoms with Crippen molar-refractivity contribution in [3.63, 3.8) is 0 Å². The highest BCUT2D eigenvalue weighted by molar-refractivity contribution is 5.81. The molecule has 1 atom stereocenters. The second kappa shape index (κ2) is 2.23. The first kappa shape index (κ1) is 7.54. The first-order chi connectivity index (χ1) is 4.53. The lowest BCUT2D eigenvalue weighted by atomic mass is 10.3. The summed E-state index contributed by atoms with van der Waals surface area (Å²) in [5.41, 5.74) is -0.00588. The van der Waals surface area contributed by atoms with E-state index in [4.69, 9.17) is 5.11 Å². The van der Waals surface area contributed by atoms with Crippen molar-refractivity contribution in [1.82, 2.24) is 5.32 Å². The van der Waals surface area contributed by atoms with Crippen LogP contribution in [0.25, 0.3) is 0 Å². The molecule has 10 heavy (non-hydrogen) atoms. The van der Waals surface area contributed by atoms with E-state index < -0.39 is 6.10 Å². The molecule has 1 aliphatic rings. The Balaban J connectivity index is 2.31. The normalized spacial score (nSPS) is 23.5. The predicted octanol–water partition coefficient (Wildman–Crippen LogP) is 0.0359. The van der Waals surface area contributed by atoms with Gasteiger partial charge in [-0.25, -0.2) is 0 Å². The van der Waals surface area contributed by atoms with E-state index in [-0.39, 0.29) is 11.4 Å². The van der Waals surface area contributed by atoms with Gasteiger partial charge in [-0.3, -0.25) is 4.79 Å². The SMILES string of the molecule is C[C@H](O)C(=O)NC1(C)CC1. The molecule has 0 heterocycles. The number of amides is 1. The fourth-order valence-electron chi connectivity index (χ4n) is 0.714. The summed E-state index contributed by atoms with van der Waals surface area (Å²) in [4.78, 5) is 10.8. The van der Waals surface area contributed by atoms with Crippen molar-refractivity contribution >= 4 is 5.91 Å². The molecule has 0 spiro atoms. The van der Waals surface area contributed by atoms with Gasteiger partial charge < -0.3 is 10.4 Å². The van der Waals surface area contributed by atoms with Gasteiger partial charge in [-0.1, -0.05) is 0 Å². The molecule has 3 nitrogen and oxygen atoms in total. The third-order valence-corrected chi connectivity index (χ3v) is 1.80. The average Bonchev–Trinajstić information content (AvgIpc) is 2.47. The quantitative estimate of drug-likeness (QED) is 0.573. The second-order valence-corrected chi connectivity index (χ2v) is 3.23. The van der Waals surface area contributed by atoms with Crippen LogP contribution >= 0.6 is 0 Å². The van der Waals surface area contributed by atoms with Gasteiger partial charge in [-0.05, 0) is 26.7 Å². The number of rotatable bonds is 2. The maximum absolute atomic E-state index is 10.8. The molecule has 0 aromatic heterocycles. The van der Waals surface area contributed by atoms with E-state index >= 15 is 0 Å². The monoisotopic (exact) mass is 143 g/mol. The number of carbonyl (C=O) groups is 1. The zero-order valence-electron chi connectivity index (χ0n) is 6.35. The van der Waals surface area contributed by atoms with Gasteiger partial charge in [0.05, 0.1) is 0 Å². The molecule has 0 aromatic rings. The van der Waals surface area contributed by atoms with Crippen LogP contribution in [0.15, 0.2) is 0 Å². The van der Waals surface area contributed by atoms with Gasteiger partial charge in [0, 0.05) is 5.54 Å². The van der Waals surface area contributed by atoms with Crippen LogP contribution < -0.4 is 5.32 Å². The number of aliphatic hydroxyl groups is 1. The first-order valence-electron chi connectivity index (χ1n) is 3.54. The van der Waals surface area contributed by atoms with Crippen molar-refractivity contribution in [2.45, 2.75) is 38.3 Å². The van der Waals surface area contributed by atoms with Gasteiger partial charge in [0.2, 0.25) is 5.91 Å². The molecular formula is C7H13NO2. The van der Waals surface area contributed by atoms with Crippen molar-refractivity contribution < 1.29 is 9.90 Å². The maximum Gasteiger partial charge on any atom is 0.248 e. The van der Waals surface area contributed by atoms with Crippen LogP contribution in [0.5, 0.6) is 0 Å². The summed E-state index contributed by atoms with van der Waals surface area (Å²) < 4.78 is 0. The summed E-state index contributed by atoms with van der Waals surface area (Å²) in [7, 11) is 0. The number of aliphatic hydroxyl groups excluding tert-OH is 1. The summed E-state index contributed by atoms with van der Waals surface area (Å²) in [6, 6.07) is 0. The van der Waals surface area contributed by atoms with E-state index in [0.717, 1.165) is 12.8 Å². The lowest BCUT2D eigenvalue weighted by Gasteiger charge is -2.12. The van der Waals surface area contributed by atoms with Crippen molar-refractivity contribution in [2.75, 3.05) is 0 Å². The van der Waals surface area contributed by atoms with Gasteiger partial charge in [-0.2, -0.15) is 0 Å². The molecule has 1 saturated carbocycles. The molecule has 58 valence electrons. The van der Waals surface area contributed by atoms with Crippen molar-refractivity contribution in [2.24, 2.45) is 0 Å². The minimum absolute atomic E-state index is 0.00588. The Labute approximate surface area is 60.4 Å². The molecule has 0 aromatic carbocycles. The van der Waals surface area contributed by atoms with Crippen LogP contribution in [0.2, 0.25) is 0 Å². The Bertz CT molecular complexity index is 150. The lowest BCUT2D eigenvalue weighted by molar-refractivity contribution is -0.129. The van der Waals surface area contributed by atoms with Crippen LogP contribution in [0.4, 0.5) is 0 Å². The summed E-state index contributed by atoms with van der Waals surface area (Å²) in [5.74, 6) is -0.264. The third-order valence-electron chi connectivity index (χ3n) is 1.80. The topological polar surface area (TPSA) is 49.3 Å². The van der Waals surface area contributed by atoms with Crippen molar-refractivity contribution in [3.8, 4) is 0 Å². The van der Waals surface area contributed by atoms with Gasteiger partial charge >= 0.3 is 0 Å². The average molecular weight is 143 g/mol. The Morgan fingerprint density at radius 3 is 2.50 bits per heavy atom. The maximum atomic E-state index is 10.8. The second-order valence-electron chi connectivity index (χ2n) is 3.23. The van der Waals surface area contributed by atoms with Gasteiger partial charge in [0.15, 0.2) is 0 Å². The van der Waals surface area contributed by atoms with Crippen LogP contribution in [-0.4, -0.2) is 22.7 Å². The molecule has 0 saturated heterocycles. The smallest absolute Gasteiger partial charge is 0.248 e. The molecule has 2 N–H and O–H groups in total. The highest BCUT2D eigenvalue weighted by Gasteiger charge is 2.39. The van der Waals surface area contributed by atoms with Crippen LogP contribution in [0.1, 0.15) is 26.7 Å². The molecule has 3 heteroatoms. The van der Waals surface area contributed by atoms with Crippen LogP contribution in [-0.2, 0) is 4.79 Å². The van der Waals surface area contributed by atoms with Crippen molar-refractivity contribution in [3.05, 3.63) is 0 Å². The van der Waals surface area contributed by atoms with E-state index in [1.54, 1.807) is 0 Å². The summed E-state index contributed by atoms with van der Waals surface area (Å²) in [5, 5.41) is 11.5. The minimum atomic E-state index is -0.877. The van der Waals surface area contributed by atoms with E-state index in [1.807, 2.05) is 6.92 Å². The molecule has 1 fully saturated rings. The Morgan fingerprint density at radius 2 is 2.20 bits per heavy atom. The largest absolute Gasteiger partial charge is 0.384 e. The van der Waals surface area contributed by atoms with Crippen LogP contribution in [0, 0.1) is 0 Å². The third kappa shape index (κ3) is 1.70. The summed E-state index contributed by atoms with van der Waals surface area (Å²) in [6.45, 7) is 3.45. The molecule has 0 unspecified atom stereocenters. The summed E-state index contributed by atoms with van der Waals surface area (Å²) >= 11 is 0. The van der Waals surface area contributed by atoms with Gasteiger partial charge in [0.1, 0.15) is 6.10 Å². The Morgan fingerprint density at radius 1 is 1.70 bits per heavy atom. The number of hydrogen-bond donors (Lipinski definition) is 2. The molecular weight excluding hydrogens is 130 g/mol. The van der Waals surface area contributed by atoms with Crippen molar-refractivity contribution in [1.29, 1.82) is 0 Å². The molecule has 0 bridgehead atoms. The van der Waals surface area contributed by atoms with Gasteiger partial charge in [0.25, 0.3) is 0 Å². The van der Waals surface area contributed by atoms with E-state index in [1.165, 1.54) is 6.92 Å². The summed E-state index contributed by atoms with van der Waals surface area (Å²) in [6.07, 6.45) is 1.19. The lowest BCUT2D eigenvalue weighted by Crippen LogP contribution is -2.40. The van der Waals surface area contributed by atoms with Crippen LogP contribution in [0.3, 0.4) is 0 Å². The van der Waals surface area contributed by atoms with E-state index in [9.17, 15) is 4.79 Å². The highest BCUT2D eigenvalue weighted by atomic mass is 16.3. The fourth-order valence-corrected chi connectivity index (χ4v) is 0.714. The Kier molecular flexibility index (Phi) is 1.68. The first-order valence-corrected chi connectivity index (χ1v) is 3.54. The predicted molar refractivity (Wildman–Crippen MR) is 37.5 cm³/mol. The molecule has 0 aliphatic heterocycles. The zero-order valence-corrected chi connectivity index (χ0v) is 6.35. The minimum Gasteiger partial charge on any atom is -0.384 e. The van der Waals surface area contributed by atoms with E-state index in [2.05, 4.69) is 5.32 Å². The number of nitrogens with one attached hydrogen (secondary N) is 1. The molecule has 1 rings (SSSR count). The molecule has 1 aliphatic carbocycles. The zero-order chi connectivity index (χ0) is 7.78. The van der Waals surface area contributed by atoms with E-state index in [0.29, 0.717) is 0 Å². The fraction of sp³-hybridized carbons (Fsp3) is 0.857. The Hall–Kier alpha value is -0.570. The highest BCUT2D eigenvalue weighted by Crippen LogP contribution is 2.34.